The van der Waals surface area contributed by atoms with Crippen molar-refractivity contribution in [3.8, 4) is 5.75 Å². The van der Waals surface area contributed by atoms with Crippen LogP contribution < -0.4 is 15.0 Å². The van der Waals surface area contributed by atoms with Crippen molar-refractivity contribution >= 4 is 34.8 Å². The van der Waals surface area contributed by atoms with E-state index in [2.05, 4.69) is 5.32 Å². The molecule has 26 heavy (non-hydrogen) atoms. The first-order valence-corrected chi connectivity index (χ1v) is 8.47. The second-order valence-corrected chi connectivity index (χ2v) is 6.63. The molecule has 2 aromatic rings. The van der Waals surface area contributed by atoms with Gasteiger partial charge in [-0.1, -0.05) is 17.7 Å². The van der Waals surface area contributed by atoms with E-state index in [1.165, 1.54) is 24.1 Å². The third-order valence-corrected chi connectivity index (χ3v) is 4.55. The normalized spacial score (nSPS) is 16.7. The highest BCUT2D eigenvalue weighted by Gasteiger charge is 2.36. The van der Waals surface area contributed by atoms with Crippen molar-refractivity contribution in [2.45, 2.75) is 13.3 Å². The molecule has 5 nitrogen and oxygen atoms in total. The first kappa shape index (κ1) is 18.2. The van der Waals surface area contributed by atoms with Gasteiger partial charge in [0.05, 0.1) is 24.4 Å². The third kappa shape index (κ3) is 3.65. The predicted molar refractivity (Wildman–Crippen MR) is 98.2 cm³/mol. The minimum absolute atomic E-state index is 0.0367. The SMILES string of the molecule is COc1ccc(Cl)cc1N1CC(C(=O)Nc2ccc(C)cc2F)CC1=O. The van der Waals surface area contributed by atoms with E-state index in [-0.39, 0.29) is 24.6 Å². The molecule has 2 aromatic carbocycles. The first-order chi connectivity index (χ1) is 12.4. The Balaban J connectivity index is 1.77. The molecule has 0 aromatic heterocycles. The fraction of sp³-hybridized carbons (Fsp3) is 0.263. The van der Waals surface area contributed by atoms with Crippen molar-refractivity contribution in [3.05, 3.63) is 52.8 Å². The summed E-state index contributed by atoms with van der Waals surface area (Å²) in [5.74, 6) is -1.21. The second kappa shape index (κ2) is 7.33. The van der Waals surface area contributed by atoms with Gasteiger partial charge in [0.25, 0.3) is 0 Å². The lowest BCUT2D eigenvalue weighted by molar-refractivity contribution is -0.122. The van der Waals surface area contributed by atoms with Crippen LogP contribution in [0.3, 0.4) is 0 Å². The minimum atomic E-state index is -0.591. The lowest BCUT2D eigenvalue weighted by Crippen LogP contribution is -2.28. The molecule has 0 aliphatic carbocycles. The third-order valence-electron chi connectivity index (χ3n) is 4.31. The van der Waals surface area contributed by atoms with Gasteiger partial charge in [0.15, 0.2) is 0 Å². The van der Waals surface area contributed by atoms with Crippen molar-refractivity contribution in [2.24, 2.45) is 5.92 Å². The topological polar surface area (TPSA) is 58.6 Å². The van der Waals surface area contributed by atoms with Crippen molar-refractivity contribution in [1.29, 1.82) is 0 Å². The number of anilines is 2. The molecule has 3 rings (SSSR count). The summed E-state index contributed by atoms with van der Waals surface area (Å²) in [5.41, 5.74) is 1.38. The van der Waals surface area contributed by atoms with E-state index in [0.29, 0.717) is 16.5 Å². The van der Waals surface area contributed by atoms with E-state index in [9.17, 15) is 14.0 Å². The van der Waals surface area contributed by atoms with E-state index in [0.717, 1.165) is 5.56 Å². The summed E-state index contributed by atoms with van der Waals surface area (Å²) in [6.07, 6.45) is 0.0367. The molecule has 1 fully saturated rings. The maximum absolute atomic E-state index is 13.9. The molecule has 1 aliphatic rings. The van der Waals surface area contributed by atoms with Crippen LogP contribution in [0.1, 0.15) is 12.0 Å². The molecular formula is C19H18ClFN2O3. The van der Waals surface area contributed by atoms with Crippen LogP contribution in [0.5, 0.6) is 5.75 Å². The number of hydrogen-bond acceptors (Lipinski definition) is 3. The highest BCUT2D eigenvalue weighted by Crippen LogP contribution is 2.35. The van der Waals surface area contributed by atoms with Gasteiger partial charge in [-0.05, 0) is 42.8 Å². The first-order valence-electron chi connectivity index (χ1n) is 8.10. The maximum Gasteiger partial charge on any atom is 0.229 e. The number of ether oxygens (including phenoxy) is 1. The van der Waals surface area contributed by atoms with Crippen LogP contribution in [-0.2, 0) is 9.59 Å². The number of nitrogens with one attached hydrogen (secondary N) is 1. The second-order valence-electron chi connectivity index (χ2n) is 6.19. The van der Waals surface area contributed by atoms with E-state index in [1.54, 1.807) is 31.2 Å². The molecule has 0 bridgehead atoms. The van der Waals surface area contributed by atoms with Gasteiger partial charge in [0.2, 0.25) is 11.8 Å². The molecule has 1 aliphatic heterocycles. The largest absolute Gasteiger partial charge is 0.495 e. The quantitative estimate of drug-likeness (QED) is 0.883. The van der Waals surface area contributed by atoms with Crippen molar-refractivity contribution in [3.63, 3.8) is 0 Å². The monoisotopic (exact) mass is 376 g/mol. The van der Waals surface area contributed by atoms with E-state index < -0.39 is 17.6 Å². The summed E-state index contributed by atoms with van der Waals surface area (Å²) in [4.78, 5) is 26.4. The number of hydrogen-bond donors (Lipinski definition) is 1. The van der Waals surface area contributed by atoms with Gasteiger partial charge in [0.1, 0.15) is 11.6 Å². The van der Waals surface area contributed by atoms with Gasteiger partial charge < -0.3 is 15.0 Å². The summed E-state index contributed by atoms with van der Waals surface area (Å²) < 4.78 is 19.2. The van der Waals surface area contributed by atoms with Crippen molar-refractivity contribution in [2.75, 3.05) is 23.9 Å². The smallest absolute Gasteiger partial charge is 0.229 e. The van der Waals surface area contributed by atoms with Crippen LogP contribution in [0.25, 0.3) is 0 Å². The van der Waals surface area contributed by atoms with E-state index in [1.807, 2.05) is 0 Å². The molecule has 2 amide bonds. The Hall–Kier alpha value is -2.60. The van der Waals surface area contributed by atoms with Gasteiger partial charge in [-0.15, -0.1) is 0 Å². The fourth-order valence-electron chi connectivity index (χ4n) is 2.95. The number of halogens is 2. The summed E-state index contributed by atoms with van der Waals surface area (Å²) in [5, 5.41) is 3.02. The van der Waals surface area contributed by atoms with Crippen LogP contribution in [0.15, 0.2) is 36.4 Å². The predicted octanol–water partition coefficient (Wildman–Crippen LogP) is 3.79. The Kier molecular flexibility index (Phi) is 5.13. The number of nitrogens with zero attached hydrogens (tertiary/aromatic N) is 1. The number of rotatable bonds is 4. The summed E-state index contributed by atoms with van der Waals surface area (Å²) in [6, 6.07) is 9.52. The maximum atomic E-state index is 13.9. The molecular weight excluding hydrogens is 359 g/mol. The standard InChI is InChI=1S/C19H18ClFN2O3/c1-11-3-5-15(14(21)7-11)22-19(25)12-8-18(24)23(10-12)16-9-13(20)4-6-17(16)26-2/h3-7,9,12H,8,10H2,1-2H3,(H,22,25). The molecule has 1 heterocycles. The van der Waals surface area contributed by atoms with Crippen molar-refractivity contribution in [1.82, 2.24) is 0 Å². The lowest BCUT2D eigenvalue weighted by atomic mass is 10.1. The molecule has 0 radical (unpaired) electrons. The Morgan fingerprint density at radius 2 is 2.08 bits per heavy atom. The molecule has 7 heteroatoms. The molecule has 1 N–H and O–H groups in total. The zero-order valence-electron chi connectivity index (χ0n) is 14.4. The van der Waals surface area contributed by atoms with E-state index >= 15 is 0 Å². The number of aryl methyl sites for hydroxylation is 1. The Labute approximate surface area is 155 Å². The Morgan fingerprint density at radius 1 is 1.31 bits per heavy atom. The zero-order chi connectivity index (χ0) is 18.8. The number of carbonyl (C=O) groups is 2. The molecule has 0 saturated carbocycles. The van der Waals surface area contributed by atoms with Crippen LogP contribution >= 0.6 is 11.6 Å². The lowest BCUT2D eigenvalue weighted by Gasteiger charge is -2.20. The molecule has 1 unspecified atom stereocenters. The Bertz CT molecular complexity index is 872. The van der Waals surface area contributed by atoms with Gasteiger partial charge in [-0.3, -0.25) is 9.59 Å². The van der Waals surface area contributed by atoms with Gasteiger partial charge >= 0.3 is 0 Å². The van der Waals surface area contributed by atoms with Crippen molar-refractivity contribution < 1.29 is 18.7 Å². The molecule has 136 valence electrons. The fourth-order valence-corrected chi connectivity index (χ4v) is 3.11. The molecule has 1 atom stereocenters. The zero-order valence-corrected chi connectivity index (χ0v) is 15.1. The number of methoxy groups -OCH3 is 1. The number of amides is 2. The Morgan fingerprint density at radius 3 is 2.77 bits per heavy atom. The minimum Gasteiger partial charge on any atom is -0.495 e. The summed E-state index contributed by atoms with van der Waals surface area (Å²) >= 11 is 6.02. The number of carbonyl (C=O) groups excluding carboxylic acids is 2. The highest BCUT2D eigenvalue weighted by molar-refractivity contribution is 6.31. The van der Waals surface area contributed by atoms with Crippen LogP contribution in [0.4, 0.5) is 15.8 Å². The van der Waals surface area contributed by atoms with Crippen LogP contribution in [0, 0.1) is 18.7 Å². The van der Waals surface area contributed by atoms with Crippen LogP contribution in [0.2, 0.25) is 5.02 Å². The van der Waals surface area contributed by atoms with Gasteiger partial charge in [0, 0.05) is 18.0 Å². The molecule has 1 saturated heterocycles. The number of benzene rings is 2. The average Bonchev–Trinajstić information content (AvgIpc) is 2.99. The summed E-state index contributed by atoms with van der Waals surface area (Å²) in [7, 11) is 1.50. The van der Waals surface area contributed by atoms with Gasteiger partial charge in [-0.2, -0.15) is 0 Å². The van der Waals surface area contributed by atoms with Gasteiger partial charge in [-0.25, -0.2) is 4.39 Å². The molecule has 0 spiro atoms. The van der Waals surface area contributed by atoms with Crippen LogP contribution in [-0.4, -0.2) is 25.5 Å². The summed E-state index contributed by atoms with van der Waals surface area (Å²) in [6.45, 7) is 1.94. The van der Waals surface area contributed by atoms with E-state index in [4.69, 9.17) is 16.3 Å². The highest BCUT2D eigenvalue weighted by atomic mass is 35.5. The average molecular weight is 377 g/mol.